The second-order valence-corrected chi connectivity index (χ2v) is 12.0. The fourth-order valence-electron chi connectivity index (χ4n) is 4.42. The van der Waals surface area contributed by atoms with Gasteiger partial charge in [0.25, 0.3) is 5.91 Å². The van der Waals surface area contributed by atoms with Crippen molar-refractivity contribution < 1.29 is 17.9 Å². The molecule has 0 radical (unpaired) electrons. The first-order valence-electron chi connectivity index (χ1n) is 12.6. The van der Waals surface area contributed by atoms with E-state index in [2.05, 4.69) is 56.7 Å². The molecule has 0 spiro atoms. The SMILES string of the molecule is CCN(CC)CCNC(=O)c1cccc2c(Nc3ccc(NS(C)(=O)=O)cc3OC)c3cc(I)ccc3nc12. The number of hydrogen-bond donors (Lipinski definition) is 3. The van der Waals surface area contributed by atoms with Crippen molar-refractivity contribution in [1.82, 2.24) is 15.2 Å². The predicted octanol–water partition coefficient (Wildman–Crippen LogP) is 5.19. The number of carbonyl (C=O) groups excluding carboxylic acids is 1. The number of nitrogens with zero attached hydrogens (tertiary/aromatic N) is 2. The van der Waals surface area contributed by atoms with Gasteiger partial charge in [-0.1, -0.05) is 26.0 Å². The zero-order valence-corrected chi connectivity index (χ0v) is 25.3. The van der Waals surface area contributed by atoms with Crippen molar-refractivity contribution in [3.05, 3.63) is 63.7 Å². The number of hydrogen-bond acceptors (Lipinski definition) is 7. The van der Waals surface area contributed by atoms with Crippen LogP contribution in [0.2, 0.25) is 0 Å². The van der Waals surface area contributed by atoms with E-state index < -0.39 is 10.0 Å². The maximum Gasteiger partial charge on any atom is 0.253 e. The third-order valence-corrected chi connectivity index (χ3v) is 7.66. The summed E-state index contributed by atoms with van der Waals surface area (Å²) in [5.41, 5.74) is 3.62. The van der Waals surface area contributed by atoms with Gasteiger partial charge in [-0.05, 0) is 72.1 Å². The molecule has 0 atom stereocenters. The van der Waals surface area contributed by atoms with Crippen molar-refractivity contribution in [3.8, 4) is 5.75 Å². The van der Waals surface area contributed by atoms with Gasteiger partial charge in [-0.3, -0.25) is 9.52 Å². The van der Waals surface area contributed by atoms with Gasteiger partial charge in [0.05, 0.1) is 47.0 Å². The van der Waals surface area contributed by atoms with Crippen LogP contribution >= 0.6 is 22.6 Å². The number of likely N-dealkylation sites (N-methyl/N-ethyl adjacent to an activating group) is 1. The first-order valence-corrected chi connectivity index (χ1v) is 15.6. The number of nitrogens with one attached hydrogen (secondary N) is 3. The number of pyridine rings is 1. The Hall–Kier alpha value is -3.16. The standard InChI is InChI=1S/C28H32IN5O4S/c1-5-34(6-2)15-14-30-28(35)21-9-7-8-20-26(21)31-23-12-10-18(29)16-22(23)27(20)32-24-13-11-19(17-25(24)38-3)33-39(4,36)37/h7-13,16-17,33H,5-6,14-15H2,1-4H3,(H,30,35)(H,31,32). The van der Waals surface area contributed by atoms with Gasteiger partial charge in [0.15, 0.2) is 0 Å². The maximum atomic E-state index is 13.3. The molecule has 1 heterocycles. The van der Waals surface area contributed by atoms with Gasteiger partial charge in [0.1, 0.15) is 5.75 Å². The molecule has 4 aromatic rings. The lowest BCUT2D eigenvalue weighted by Gasteiger charge is -2.19. The zero-order chi connectivity index (χ0) is 28.2. The zero-order valence-electron chi connectivity index (χ0n) is 22.3. The van der Waals surface area contributed by atoms with Crippen molar-refractivity contribution in [2.45, 2.75) is 13.8 Å². The number of fused-ring (bicyclic) bond motifs is 2. The van der Waals surface area contributed by atoms with Gasteiger partial charge in [0, 0.05) is 33.5 Å². The van der Waals surface area contributed by atoms with E-state index in [1.807, 2.05) is 30.3 Å². The molecule has 0 unspecified atom stereocenters. The van der Waals surface area contributed by atoms with Crippen LogP contribution in [-0.2, 0) is 10.0 Å². The molecule has 39 heavy (non-hydrogen) atoms. The molecule has 0 aliphatic heterocycles. The fraction of sp³-hybridized carbons (Fsp3) is 0.286. The molecule has 9 nitrogen and oxygen atoms in total. The highest BCUT2D eigenvalue weighted by atomic mass is 127. The van der Waals surface area contributed by atoms with Crippen LogP contribution in [0.4, 0.5) is 17.1 Å². The summed E-state index contributed by atoms with van der Waals surface area (Å²) >= 11 is 2.26. The summed E-state index contributed by atoms with van der Waals surface area (Å²) in [6.45, 7) is 7.37. The number of methoxy groups -OCH3 is 1. The average molecular weight is 662 g/mol. The van der Waals surface area contributed by atoms with Crippen molar-refractivity contribution in [2.75, 3.05) is 49.6 Å². The van der Waals surface area contributed by atoms with Gasteiger partial charge in [0.2, 0.25) is 10.0 Å². The van der Waals surface area contributed by atoms with E-state index in [1.165, 1.54) is 7.11 Å². The molecule has 0 bridgehead atoms. The molecule has 1 amide bonds. The minimum absolute atomic E-state index is 0.176. The average Bonchev–Trinajstić information content (AvgIpc) is 2.90. The lowest BCUT2D eigenvalue weighted by molar-refractivity contribution is 0.0950. The molecule has 4 rings (SSSR count). The van der Waals surface area contributed by atoms with Gasteiger partial charge in [-0.25, -0.2) is 13.4 Å². The third kappa shape index (κ3) is 6.89. The molecule has 0 fully saturated rings. The normalized spacial score (nSPS) is 11.6. The summed E-state index contributed by atoms with van der Waals surface area (Å²) in [5.74, 6) is 0.280. The molecule has 0 aliphatic rings. The lowest BCUT2D eigenvalue weighted by Crippen LogP contribution is -2.34. The summed E-state index contributed by atoms with van der Waals surface area (Å²) in [5, 5.41) is 8.19. The number of benzene rings is 3. The van der Waals surface area contributed by atoms with Gasteiger partial charge in [-0.15, -0.1) is 0 Å². The number of rotatable bonds is 11. The number of aromatic nitrogens is 1. The Kier molecular flexibility index (Phi) is 9.13. The van der Waals surface area contributed by atoms with Crippen LogP contribution in [0, 0.1) is 3.57 Å². The number of sulfonamides is 1. The minimum atomic E-state index is -3.44. The minimum Gasteiger partial charge on any atom is -0.494 e. The number of amides is 1. The molecule has 3 aromatic carbocycles. The van der Waals surface area contributed by atoms with Crippen LogP contribution in [0.25, 0.3) is 21.8 Å². The van der Waals surface area contributed by atoms with Crippen molar-refractivity contribution in [2.24, 2.45) is 0 Å². The van der Waals surface area contributed by atoms with Crippen LogP contribution in [0.15, 0.2) is 54.6 Å². The second-order valence-electron chi connectivity index (χ2n) is 9.05. The van der Waals surface area contributed by atoms with Crippen molar-refractivity contribution >= 4 is 77.4 Å². The lowest BCUT2D eigenvalue weighted by atomic mass is 10.0. The molecular weight excluding hydrogens is 629 g/mol. The first-order chi connectivity index (χ1) is 18.6. The highest BCUT2D eigenvalue weighted by Crippen LogP contribution is 2.38. The summed E-state index contributed by atoms with van der Waals surface area (Å²) < 4.78 is 32.5. The Bertz CT molecular complexity index is 1620. The summed E-state index contributed by atoms with van der Waals surface area (Å²) in [6, 6.07) is 16.6. The van der Waals surface area contributed by atoms with E-state index in [9.17, 15) is 13.2 Å². The third-order valence-electron chi connectivity index (χ3n) is 6.38. The summed E-state index contributed by atoms with van der Waals surface area (Å²) in [7, 11) is -1.91. The van der Waals surface area contributed by atoms with Crippen LogP contribution in [0.5, 0.6) is 5.75 Å². The van der Waals surface area contributed by atoms with Crippen molar-refractivity contribution in [1.29, 1.82) is 0 Å². The van der Waals surface area contributed by atoms with Gasteiger partial charge < -0.3 is 20.3 Å². The van der Waals surface area contributed by atoms with E-state index in [4.69, 9.17) is 9.72 Å². The monoisotopic (exact) mass is 661 g/mol. The molecule has 1 aromatic heterocycles. The Morgan fingerprint density at radius 1 is 1.05 bits per heavy atom. The van der Waals surface area contributed by atoms with E-state index in [0.717, 1.165) is 51.4 Å². The Labute approximate surface area is 242 Å². The van der Waals surface area contributed by atoms with Crippen LogP contribution in [0.3, 0.4) is 0 Å². The molecular formula is C28H32IN5O4S. The number of anilines is 3. The summed E-state index contributed by atoms with van der Waals surface area (Å²) in [6.07, 6.45) is 1.10. The Morgan fingerprint density at radius 2 is 1.82 bits per heavy atom. The fourth-order valence-corrected chi connectivity index (χ4v) is 5.47. The Morgan fingerprint density at radius 3 is 2.51 bits per heavy atom. The largest absolute Gasteiger partial charge is 0.494 e. The molecule has 3 N–H and O–H groups in total. The van der Waals surface area contributed by atoms with Crippen molar-refractivity contribution in [3.63, 3.8) is 0 Å². The summed E-state index contributed by atoms with van der Waals surface area (Å²) in [4.78, 5) is 20.4. The van der Waals surface area contributed by atoms with Crippen LogP contribution in [-0.4, -0.2) is 63.8 Å². The molecule has 206 valence electrons. The quantitative estimate of drug-likeness (QED) is 0.150. The van der Waals surface area contributed by atoms with E-state index in [-0.39, 0.29) is 5.91 Å². The van der Waals surface area contributed by atoms with Gasteiger partial charge in [-0.2, -0.15) is 0 Å². The maximum absolute atomic E-state index is 13.3. The van der Waals surface area contributed by atoms with Gasteiger partial charge >= 0.3 is 0 Å². The number of halogens is 1. The topological polar surface area (TPSA) is 113 Å². The second kappa shape index (κ2) is 12.3. The van der Waals surface area contributed by atoms with E-state index in [0.29, 0.717) is 34.7 Å². The van der Waals surface area contributed by atoms with E-state index in [1.54, 1.807) is 24.3 Å². The first kappa shape index (κ1) is 28.8. The number of para-hydroxylation sites is 1. The molecule has 0 aliphatic carbocycles. The predicted molar refractivity (Wildman–Crippen MR) is 167 cm³/mol. The van der Waals surface area contributed by atoms with Crippen LogP contribution in [0.1, 0.15) is 24.2 Å². The Balaban J connectivity index is 1.79. The number of ether oxygens (including phenoxy) is 1. The molecule has 11 heteroatoms. The number of carbonyl (C=O) groups is 1. The molecule has 0 saturated heterocycles. The highest BCUT2D eigenvalue weighted by Gasteiger charge is 2.18. The smallest absolute Gasteiger partial charge is 0.253 e. The van der Waals surface area contributed by atoms with Crippen LogP contribution < -0.4 is 20.1 Å². The van der Waals surface area contributed by atoms with E-state index >= 15 is 0 Å². The molecule has 0 saturated carbocycles. The highest BCUT2D eigenvalue weighted by molar-refractivity contribution is 14.1.